The Morgan fingerprint density at radius 2 is 1.69 bits per heavy atom. The number of hydrogen-bond donors (Lipinski definition) is 0. The molecule has 16 heavy (non-hydrogen) atoms. The first-order valence-electron chi connectivity index (χ1n) is 5.38. The fourth-order valence-electron chi connectivity index (χ4n) is 2.26. The van der Waals surface area contributed by atoms with Crippen LogP contribution in [-0.2, 0) is 0 Å². The monoisotopic (exact) mass is 292 g/mol. The molecule has 1 fully saturated rings. The summed E-state index contributed by atoms with van der Waals surface area (Å²) in [5, 5.41) is 0. The van der Waals surface area contributed by atoms with Gasteiger partial charge in [0.05, 0.1) is 0 Å². The van der Waals surface area contributed by atoms with Crippen molar-refractivity contribution in [2.75, 3.05) is 0 Å². The Labute approximate surface area is 101 Å². The zero-order valence-corrected chi connectivity index (χ0v) is 10.2. The van der Waals surface area contributed by atoms with Crippen molar-refractivity contribution in [3.05, 3.63) is 35.1 Å². The van der Waals surface area contributed by atoms with Crippen LogP contribution in [0.1, 0.15) is 37.2 Å². The van der Waals surface area contributed by atoms with Gasteiger partial charge < -0.3 is 0 Å². The summed E-state index contributed by atoms with van der Waals surface area (Å²) in [6, 6.07) is 2.36. The molecule has 0 saturated heterocycles. The lowest BCUT2D eigenvalue weighted by molar-refractivity contribution is 0.410. The van der Waals surface area contributed by atoms with Crippen molar-refractivity contribution in [3.63, 3.8) is 0 Å². The van der Waals surface area contributed by atoms with Crippen molar-refractivity contribution in [2.45, 2.75) is 36.4 Å². The van der Waals surface area contributed by atoms with Gasteiger partial charge in [-0.1, -0.05) is 34.8 Å². The number of benzene rings is 1. The minimum Gasteiger partial charge on any atom is -0.204 e. The Hall–Kier alpha value is -0.510. The zero-order chi connectivity index (χ0) is 11.7. The summed E-state index contributed by atoms with van der Waals surface area (Å²) in [7, 11) is 0. The molecule has 0 spiro atoms. The third-order valence-electron chi connectivity index (χ3n) is 3.15. The molecule has 1 aromatic rings. The van der Waals surface area contributed by atoms with Gasteiger partial charge in [-0.3, -0.25) is 0 Å². The first-order valence-corrected chi connectivity index (χ1v) is 6.30. The van der Waals surface area contributed by atoms with E-state index in [0.29, 0.717) is 5.56 Å². The van der Waals surface area contributed by atoms with E-state index in [2.05, 4.69) is 15.9 Å². The molecule has 88 valence electrons. The average Bonchev–Trinajstić information content (AvgIpc) is 2.28. The number of rotatable bonds is 1. The van der Waals surface area contributed by atoms with Crippen LogP contribution in [0.15, 0.2) is 12.1 Å². The summed E-state index contributed by atoms with van der Waals surface area (Å²) in [5.41, 5.74) is 0.292. The molecule has 0 heterocycles. The highest BCUT2D eigenvalue weighted by Crippen LogP contribution is 2.39. The van der Waals surface area contributed by atoms with Crippen LogP contribution in [0, 0.1) is 17.5 Å². The van der Waals surface area contributed by atoms with Crippen LogP contribution >= 0.6 is 15.9 Å². The van der Waals surface area contributed by atoms with Crippen molar-refractivity contribution >= 4 is 15.9 Å². The summed E-state index contributed by atoms with van der Waals surface area (Å²) >= 11 is 3.49. The highest BCUT2D eigenvalue weighted by molar-refractivity contribution is 9.09. The fourth-order valence-corrected chi connectivity index (χ4v) is 3.14. The van der Waals surface area contributed by atoms with Crippen LogP contribution in [0.4, 0.5) is 13.2 Å². The van der Waals surface area contributed by atoms with Crippen molar-refractivity contribution in [1.29, 1.82) is 0 Å². The predicted molar refractivity (Wildman–Crippen MR) is 60.2 cm³/mol. The van der Waals surface area contributed by atoms with E-state index in [-0.39, 0.29) is 10.7 Å². The molecule has 1 aromatic carbocycles. The average molecular weight is 293 g/mol. The van der Waals surface area contributed by atoms with E-state index in [4.69, 9.17) is 0 Å². The van der Waals surface area contributed by atoms with E-state index in [1.807, 2.05) is 0 Å². The van der Waals surface area contributed by atoms with E-state index in [0.717, 1.165) is 31.7 Å². The topological polar surface area (TPSA) is 0 Å². The Morgan fingerprint density at radius 3 is 2.38 bits per heavy atom. The van der Waals surface area contributed by atoms with Crippen LogP contribution in [0.5, 0.6) is 0 Å². The molecule has 0 N–H and O–H groups in total. The molecule has 0 aliphatic heterocycles. The van der Waals surface area contributed by atoms with Gasteiger partial charge in [-0.15, -0.1) is 0 Å². The SMILES string of the molecule is Fc1ccc(C2CCCCC2Br)c(F)c1F. The van der Waals surface area contributed by atoms with E-state index in [1.54, 1.807) is 0 Å². The van der Waals surface area contributed by atoms with Gasteiger partial charge in [0.1, 0.15) is 0 Å². The Kier molecular flexibility index (Phi) is 3.57. The molecule has 0 nitrogen and oxygen atoms in total. The maximum absolute atomic E-state index is 13.6. The van der Waals surface area contributed by atoms with E-state index in [1.165, 1.54) is 6.07 Å². The van der Waals surface area contributed by atoms with Gasteiger partial charge in [0, 0.05) is 4.83 Å². The van der Waals surface area contributed by atoms with Crippen LogP contribution in [0.2, 0.25) is 0 Å². The Balaban J connectivity index is 2.36. The molecule has 1 saturated carbocycles. The van der Waals surface area contributed by atoms with E-state index in [9.17, 15) is 13.2 Å². The van der Waals surface area contributed by atoms with Crippen LogP contribution in [0.3, 0.4) is 0 Å². The molecular weight excluding hydrogens is 281 g/mol. The number of alkyl halides is 1. The largest absolute Gasteiger partial charge is 0.204 e. The van der Waals surface area contributed by atoms with Crippen molar-refractivity contribution in [2.24, 2.45) is 0 Å². The quantitative estimate of drug-likeness (QED) is 0.527. The van der Waals surface area contributed by atoms with Crippen molar-refractivity contribution in [1.82, 2.24) is 0 Å². The maximum Gasteiger partial charge on any atom is 0.194 e. The third-order valence-corrected chi connectivity index (χ3v) is 4.24. The lowest BCUT2D eigenvalue weighted by atomic mass is 9.83. The number of hydrogen-bond acceptors (Lipinski definition) is 0. The van der Waals surface area contributed by atoms with Gasteiger partial charge in [0.25, 0.3) is 0 Å². The lowest BCUT2D eigenvalue weighted by Crippen LogP contribution is -2.19. The summed E-state index contributed by atoms with van der Waals surface area (Å²) in [4.78, 5) is 0.153. The second kappa shape index (κ2) is 4.78. The van der Waals surface area contributed by atoms with Gasteiger partial charge in [-0.05, 0) is 30.4 Å². The molecule has 1 aliphatic rings. The molecule has 2 rings (SSSR count). The summed E-state index contributed by atoms with van der Waals surface area (Å²) in [5.74, 6) is -3.56. The summed E-state index contributed by atoms with van der Waals surface area (Å²) in [6.07, 6.45) is 3.87. The standard InChI is InChI=1S/C12H12BrF3/c13-9-4-2-1-3-7(9)8-5-6-10(14)12(16)11(8)15/h5-7,9H,1-4H2. The zero-order valence-electron chi connectivity index (χ0n) is 8.65. The molecule has 2 unspecified atom stereocenters. The molecule has 4 heteroatoms. The molecule has 0 aromatic heterocycles. The molecule has 2 atom stereocenters. The summed E-state index contributed by atoms with van der Waals surface area (Å²) < 4.78 is 39.5. The second-order valence-electron chi connectivity index (χ2n) is 4.17. The van der Waals surface area contributed by atoms with Crippen LogP contribution in [0.25, 0.3) is 0 Å². The third kappa shape index (κ3) is 2.12. The van der Waals surface area contributed by atoms with E-state index < -0.39 is 17.5 Å². The lowest BCUT2D eigenvalue weighted by Gasteiger charge is -2.28. The molecule has 0 bridgehead atoms. The smallest absolute Gasteiger partial charge is 0.194 e. The second-order valence-corrected chi connectivity index (χ2v) is 5.35. The Morgan fingerprint density at radius 1 is 1.00 bits per heavy atom. The van der Waals surface area contributed by atoms with Gasteiger partial charge in [0.15, 0.2) is 17.5 Å². The fraction of sp³-hybridized carbons (Fsp3) is 0.500. The molecular formula is C12H12BrF3. The van der Waals surface area contributed by atoms with Crippen LogP contribution < -0.4 is 0 Å². The van der Waals surface area contributed by atoms with Gasteiger partial charge in [0.2, 0.25) is 0 Å². The highest BCUT2D eigenvalue weighted by Gasteiger charge is 2.28. The predicted octanol–water partition coefficient (Wildman–Crippen LogP) is 4.53. The normalized spacial score (nSPS) is 25.8. The van der Waals surface area contributed by atoms with Gasteiger partial charge in [-0.2, -0.15) is 0 Å². The minimum atomic E-state index is -1.36. The number of halogens is 4. The van der Waals surface area contributed by atoms with Gasteiger partial charge in [-0.25, -0.2) is 13.2 Å². The molecule has 0 radical (unpaired) electrons. The van der Waals surface area contributed by atoms with Crippen molar-refractivity contribution in [3.8, 4) is 0 Å². The molecule has 0 amide bonds. The van der Waals surface area contributed by atoms with Crippen LogP contribution in [-0.4, -0.2) is 4.83 Å². The first-order chi connectivity index (χ1) is 7.61. The van der Waals surface area contributed by atoms with E-state index >= 15 is 0 Å². The molecule has 1 aliphatic carbocycles. The Bertz CT molecular complexity index is 392. The minimum absolute atomic E-state index is 0.0520. The first kappa shape index (κ1) is 12.0. The summed E-state index contributed by atoms with van der Waals surface area (Å²) in [6.45, 7) is 0. The maximum atomic E-state index is 13.6. The van der Waals surface area contributed by atoms with Gasteiger partial charge >= 0.3 is 0 Å². The van der Waals surface area contributed by atoms with Crippen molar-refractivity contribution < 1.29 is 13.2 Å². The highest BCUT2D eigenvalue weighted by atomic mass is 79.9.